The monoisotopic (exact) mass is 251 g/mol. The third-order valence-electron chi connectivity index (χ3n) is 2.60. The van der Waals surface area contributed by atoms with Gasteiger partial charge in [0.15, 0.2) is 0 Å². The van der Waals surface area contributed by atoms with Gasteiger partial charge in [-0.15, -0.1) is 17.9 Å². The molecule has 2 rings (SSSR count). The van der Waals surface area contributed by atoms with E-state index in [4.69, 9.17) is 5.11 Å². The predicted octanol–water partition coefficient (Wildman–Crippen LogP) is 2.24. The van der Waals surface area contributed by atoms with Crippen molar-refractivity contribution in [3.05, 3.63) is 34.5 Å². The molecule has 1 saturated carbocycles. The second-order valence-corrected chi connectivity index (χ2v) is 5.03. The summed E-state index contributed by atoms with van der Waals surface area (Å²) in [5.41, 5.74) is 0. The highest BCUT2D eigenvalue weighted by molar-refractivity contribution is 7.15. The number of carbonyl (C=O) groups is 2. The number of carboxylic acid groups (broad SMARTS) is 1. The van der Waals surface area contributed by atoms with Gasteiger partial charge in [-0.25, -0.2) is 4.79 Å². The summed E-state index contributed by atoms with van der Waals surface area (Å²) >= 11 is 1.02. The van der Waals surface area contributed by atoms with Crippen LogP contribution in [0.4, 0.5) is 0 Å². The quantitative estimate of drug-likeness (QED) is 0.816. The van der Waals surface area contributed by atoms with Gasteiger partial charge in [-0.2, -0.15) is 0 Å². The minimum atomic E-state index is -0.990. The highest BCUT2D eigenvalue weighted by Gasteiger charge is 2.32. The Bertz CT molecular complexity index is 462. The first-order chi connectivity index (χ1) is 8.13. The molecule has 90 valence electrons. The van der Waals surface area contributed by atoms with Crippen molar-refractivity contribution in [1.29, 1.82) is 0 Å². The molecule has 17 heavy (non-hydrogen) atoms. The summed E-state index contributed by atoms with van der Waals surface area (Å²) in [4.78, 5) is 25.3. The Labute approximate surface area is 103 Å². The summed E-state index contributed by atoms with van der Waals surface area (Å²) < 4.78 is 0. The molecule has 1 fully saturated rings. The molecule has 1 aliphatic rings. The number of hydrogen-bond donors (Lipinski definition) is 1. The van der Waals surface area contributed by atoms with Crippen molar-refractivity contribution in [1.82, 2.24) is 4.90 Å². The average Bonchev–Trinajstić information content (AvgIpc) is 3.00. The van der Waals surface area contributed by atoms with Gasteiger partial charge < -0.3 is 10.0 Å². The van der Waals surface area contributed by atoms with Crippen LogP contribution in [0.5, 0.6) is 0 Å². The van der Waals surface area contributed by atoms with Crippen molar-refractivity contribution < 1.29 is 14.7 Å². The van der Waals surface area contributed by atoms with E-state index in [2.05, 4.69) is 6.58 Å². The number of carboxylic acids is 1. The van der Waals surface area contributed by atoms with E-state index in [1.807, 2.05) is 0 Å². The molecule has 0 bridgehead atoms. The smallest absolute Gasteiger partial charge is 0.345 e. The zero-order chi connectivity index (χ0) is 12.4. The third kappa shape index (κ3) is 2.55. The van der Waals surface area contributed by atoms with Gasteiger partial charge in [0.25, 0.3) is 5.91 Å². The number of amides is 1. The second-order valence-electron chi connectivity index (χ2n) is 3.95. The summed E-state index contributed by atoms with van der Waals surface area (Å²) in [6.07, 6.45) is 3.75. The van der Waals surface area contributed by atoms with E-state index in [9.17, 15) is 9.59 Å². The van der Waals surface area contributed by atoms with E-state index in [0.717, 1.165) is 24.2 Å². The van der Waals surface area contributed by atoms with Crippen LogP contribution in [-0.2, 0) is 0 Å². The first kappa shape index (κ1) is 11.9. The molecule has 1 N–H and O–H groups in total. The molecule has 0 spiro atoms. The van der Waals surface area contributed by atoms with Gasteiger partial charge in [-0.05, 0) is 25.0 Å². The molecule has 5 heteroatoms. The molecule has 0 unspecified atom stereocenters. The maximum atomic E-state index is 12.1. The Morgan fingerprint density at radius 1 is 1.47 bits per heavy atom. The summed E-state index contributed by atoms with van der Waals surface area (Å²) in [6, 6.07) is 3.35. The largest absolute Gasteiger partial charge is 0.477 e. The molecule has 1 aromatic rings. The number of thiophene rings is 1. The molecule has 0 aliphatic heterocycles. The van der Waals surface area contributed by atoms with Crippen LogP contribution >= 0.6 is 11.3 Å². The SMILES string of the molecule is C=CCN(C(=O)c1ccc(C(=O)O)s1)C1CC1. The molecule has 1 aliphatic carbocycles. The van der Waals surface area contributed by atoms with Crippen molar-refractivity contribution in [3.8, 4) is 0 Å². The van der Waals surface area contributed by atoms with Crippen molar-refractivity contribution in [2.75, 3.05) is 6.54 Å². The molecule has 0 aromatic carbocycles. The van der Waals surface area contributed by atoms with E-state index in [1.165, 1.54) is 6.07 Å². The second kappa shape index (κ2) is 4.71. The zero-order valence-corrected chi connectivity index (χ0v) is 10.1. The van der Waals surface area contributed by atoms with Crippen molar-refractivity contribution >= 4 is 23.2 Å². The number of aromatic carboxylic acids is 1. The van der Waals surface area contributed by atoms with Crippen LogP contribution in [0.1, 0.15) is 32.2 Å². The number of carbonyl (C=O) groups excluding carboxylic acids is 1. The first-order valence-corrected chi connectivity index (χ1v) is 6.20. The molecule has 1 aromatic heterocycles. The molecule has 0 atom stereocenters. The maximum absolute atomic E-state index is 12.1. The van der Waals surface area contributed by atoms with E-state index >= 15 is 0 Å². The number of rotatable bonds is 5. The summed E-state index contributed by atoms with van der Waals surface area (Å²) in [6.45, 7) is 4.15. The zero-order valence-electron chi connectivity index (χ0n) is 9.26. The standard InChI is InChI=1S/C12H13NO3S/c1-2-7-13(8-3-4-8)11(14)9-5-6-10(17-9)12(15)16/h2,5-6,8H,1,3-4,7H2,(H,15,16). The number of hydrogen-bond acceptors (Lipinski definition) is 3. The Morgan fingerprint density at radius 3 is 2.59 bits per heavy atom. The normalized spacial score (nSPS) is 14.4. The Balaban J connectivity index is 2.16. The fourth-order valence-corrected chi connectivity index (χ4v) is 2.43. The molecular weight excluding hydrogens is 238 g/mol. The van der Waals surface area contributed by atoms with Crippen LogP contribution in [0, 0.1) is 0 Å². The average molecular weight is 251 g/mol. The van der Waals surface area contributed by atoms with E-state index in [1.54, 1.807) is 17.0 Å². The Kier molecular flexibility index (Phi) is 3.28. The van der Waals surface area contributed by atoms with E-state index in [0.29, 0.717) is 17.5 Å². The summed E-state index contributed by atoms with van der Waals surface area (Å²) in [5.74, 6) is -1.08. The lowest BCUT2D eigenvalue weighted by molar-refractivity contribution is 0.0701. The third-order valence-corrected chi connectivity index (χ3v) is 3.66. The van der Waals surface area contributed by atoms with Crippen LogP contribution in [0.2, 0.25) is 0 Å². The maximum Gasteiger partial charge on any atom is 0.345 e. The van der Waals surface area contributed by atoms with E-state index < -0.39 is 5.97 Å². The highest BCUT2D eigenvalue weighted by Crippen LogP contribution is 2.29. The lowest BCUT2D eigenvalue weighted by atomic mass is 10.3. The van der Waals surface area contributed by atoms with Crippen LogP contribution < -0.4 is 0 Å². The van der Waals surface area contributed by atoms with Crippen LogP contribution in [0.3, 0.4) is 0 Å². The van der Waals surface area contributed by atoms with Crippen molar-refractivity contribution in [2.24, 2.45) is 0 Å². The summed E-state index contributed by atoms with van der Waals surface area (Å²) in [5, 5.41) is 8.81. The highest BCUT2D eigenvalue weighted by atomic mass is 32.1. The van der Waals surface area contributed by atoms with Crippen LogP contribution in [0.15, 0.2) is 24.8 Å². The molecule has 1 heterocycles. The molecular formula is C12H13NO3S. The van der Waals surface area contributed by atoms with Gasteiger partial charge in [0.05, 0.1) is 4.88 Å². The van der Waals surface area contributed by atoms with Gasteiger partial charge in [-0.3, -0.25) is 4.79 Å². The van der Waals surface area contributed by atoms with Gasteiger partial charge in [-0.1, -0.05) is 6.08 Å². The van der Waals surface area contributed by atoms with Gasteiger partial charge in [0, 0.05) is 12.6 Å². The lowest BCUT2D eigenvalue weighted by Gasteiger charge is -2.19. The minimum Gasteiger partial charge on any atom is -0.477 e. The van der Waals surface area contributed by atoms with Gasteiger partial charge in [0.2, 0.25) is 0 Å². The Hall–Kier alpha value is -1.62. The lowest BCUT2D eigenvalue weighted by Crippen LogP contribution is -2.32. The van der Waals surface area contributed by atoms with Crippen molar-refractivity contribution in [2.45, 2.75) is 18.9 Å². The van der Waals surface area contributed by atoms with Gasteiger partial charge >= 0.3 is 5.97 Å². The van der Waals surface area contributed by atoms with Crippen LogP contribution in [0.25, 0.3) is 0 Å². The molecule has 4 nitrogen and oxygen atoms in total. The molecule has 1 amide bonds. The van der Waals surface area contributed by atoms with Crippen LogP contribution in [-0.4, -0.2) is 34.5 Å². The fraction of sp³-hybridized carbons (Fsp3) is 0.333. The summed E-state index contributed by atoms with van der Waals surface area (Å²) in [7, 11) is 0. The predicted molar refractivity (Wildman–Crippen MR) is 65.5 cm³/mol. The minimum absolute atomic E-state index is 0.0927. The molecule has 0 radical (unpaired) electrons. The Morgan fingerprint density at radius 2 is 2.12 bits per heavy atom. The molecule has 0 saturated heterocycles. The fourth-order valence-electron chi connectivity index (χ4n) is 1.63. The van der Waals surface area contributed by atoms with E-state index in [-0.39, 0.29) is 10.8 Å². The van der Waals surface area contributed by atoms with Gasteiger partial charge in [0.1, 0.15) is 4.88 Å². The van der Waals surface area contributed by atoms with Crippen molar-refractivity contribution in [3.63, 3.8) is 0 Å². The first-order valence-electron chi connectivity index (χ1n) is 5.38. The number of nitrogens with zero attached hydrogens (tertiary/aromatic N) is 1. The topological polar surface area (TPSA) is 57.6 Å².